The van der Waals surface area contributed by atoms with Crippen molar-refractivity contribution in [2.45, 2.75) is 55.4 Å². The zero-order chi connectivity index (χ0) is 22.7. The maximum Gasteiger partial charge on any atom is 0.462 e. The monoisotopic (exact) mass is 448 g/mol. The molecule has 0 radical (unpaired) electrons. The van der Waals surface area contributed by atoms with E-state index in [9.17, 15) is 57.1 Å². The molecule has 0 rings (SSSR count). The van der Waals surface area contributed by atoms with Gasteiger partial charge in [0.05, 0.1) is 0 Å². The molecule has 15 heteroatoms. The molecule has 0 aliphatic rings. The van der Waals surface area contributed by atoms with E-state index < -0.39 is 49.4 Å². The maximum absolute atomic E-state index is 13.3. The van der Waals surface area contributed by atoms with Crippen molar-refractivity contribution in [3.05, 3.63) is 12.7 Å². The van der Waals surface area contributed by atoms with E-state index in [1.54, 1.807) is 4.74 Å². The third-order valence-electron chi connectivity index (χ3n) is 3.03. The van der Waals surface area contributed by atoms with Gasteiger partial charge in [-0.15, -0.1) is 6.58 Å². The highest BCUT2D eigenvalue weighted by Gasteiger charge is 2.81. The van der Waals surface area contributed by atoms with Gasteiger partial charge in [-0.05, 0) is 19.3 Å². The fraction of sp³-hybridized carbons (Fsp3) is 0.846. The maximum atomic E-state index is 13.3. The van der Waals surface area contributed by atoms with Crippen molar-refractivity contribution in [1.82, 2.24) is 0 Å². The Morgan fingerprint density at radius 1 is 0.679 bits per heavy atom. The van der Waals surface area contributed by atoms with Crippen LogP contribution in [-0.2, 0) is 9.47 Å². The summed E-state index contributed by atoms with van der Waals surface area (Å²) in [7, 11) is 0. The van der Waals surface area contributed by atoms with Gasteiger partial charge in [0.15, 0.2) is 0 Å². The first-order chi connectivity index (χ1) is 12.3. The molecule has 0 unspecified atom stereocenters. The normalized spacial score (nSPS) is 15.0. The lowest BCUT2D eigenvalue weighted by Crippen LogP contribution is -2.63. The lowest BCUT2D eigenvalue weighted by molar-refractivity contribution is -0.509. The van der Waals surface area contributed by atoms with Gasteiger partial charge >= 0.3 is 36.2 Å². The van der Waals surface area contributed by atoms with Crippen LogP contribution in [0.15, 0.2) is 12.7 Å². The highest BCUT2D eigenvalue weighted by Crippen LogP contribution is 2.53. The average molecular weight is 448 g/mol. The first-order valence-electron chi connectivity index (χ1n) is 7.11. The van der Waals surface area contributed by atoms with Gasteiger partial charge in [-0.2, -0.15) is 57.1 Å². The molecular formula is C13H13F13O2. The van der Waals surface area contributed by atoms with E-state index in [1.165, 1.54) is 6.08 Å². The van der Waals surface area contributed by atoms with Crippen molar-refractivity contribution >= 4 is 0 Å². The van der Waals surface area contributed by atoms with Crippen molar-refractivity contribution in [1.29, 1.82) is 0 Å². The average Bonchev–Trinajstić information content (AvgIpc) is 2.48. The molecule has 0 saturated heterocycles. The molecule has 0 aliphatic heterocycles. The number of halogens is 13. The van der Waals surface area contributed by atoms with Crippen LogP contribution in [0.3, 0.4) is 0 Å². The van der Waals surface area contributed by atoms with Gasteiger partial charge in [-0.1, -0.05) is 6.08 Å². The first-order valence-corrected chi connectivity index (χ1v) is 7.11. The summed E-state index contributed by atoms with van der Waals surface area (Å²) in [4.78, 5) is 0. The van der Waals surface area contributed by atoms with Gasteiger partial charge in [0.25, 0.3) is 0 Å². The third kappa shape index (κ3) is 5.64. The van der Waals surface area contributed by atoms with Crippen molar-refractivity contribution < 1.29 is 66.5 Å². The van der Waals surface area contributed by atoms with Gasteiger partial charge < -0.3 is 4.74 Å². The van der Waals surface area contributed by atoms with E-state index in [0.717, 1.165) is 0 Å². The molecule has 0 aromatic carbocycles. The quantitative estimate of drug-likeness (QED) is 0.206. The molecular weight excluding hydrogens is 435 g/mol. The molecule has 28 heavy (non-hydrogen) atoms. The largest absolute Gasteiger partial charge is 0.462 e. The fourth-order valence-corrected chi connectivity index (χ4v) is 1.45. The van der Waals surface area contributed by atoms with E-state index in [-0.39, 0.29) is 12.8 Å². The second-order valence-electron chi connectivity index (χ2n) is 5.32. The number of ether oxygens (including phenoxy) is 2. The molecule has 0 aromatic rings. The van der Waals surface area contributed by atoms with Crippen molar-refractivity contribution in [2.75, 3.05) is 13.2 Å². The summed E-state index contributed by atoms with van der Waals surface area (Å²) >= 11 is 0. The Bertz CT molecular complexity index is 513. The van der Waals surface area contributed by atoms with E-state index in [2.05, 4.69) is 11.3 Å². The molecule has 0 bridgehead atoms. The van der Waals surface area contributed by atoms with Crippen LogP contribution in [0.25, 0.3) is 0 Å². The van der Waals surface area contributed by atoms with Gasteiger partial charge in [0, 0.05) is 6.61 Å². The van der Waals surface area contributed by atoms with E-state index >= 15 is 0 Å². The lowest BCUT2D eigenvalue weighted by atomic mass is 10.1. The number of hydrogen-bond acceptors (Lipinski definition) is 2. The molecule has 0 heterocycles. The Labute approximate surface area is 149 Å². The van der Waals surface area contributed by atoms with Crippen LogP contribution >= 0.6 is 0 Å². The highest BCUT2D eigenvalue weighted by atomic mass is 19.4. The molecule has 168 valence electrons. The van der Waals surface area contributed by atoms with Crippen LogP contribution in [-0.4, -0.2) is 49.4 Å². The van der Waals surface area contributed by atoms with Gasteiger partial charge in [0.1, 0.15) is 6.61 Å². The molecule has 0 aromatic heterocycles. The number of unbranched alkanes of at least 4 members (excludes halogenated alkanes) is 2. The smallest absolute Gasteiger partial charge is 0.375 e. The van der Waals surface area contributed by atoms with Crippen molar-refractivity contribution in [3.8, 4) is 0 Å². The predicted octanol–water partition coefficient (Wildman–Crippen LogP) is 6.03. The lowest BCUT2D eigenvalue weighted by Gasteiger charge is -2.35. The summed E-state index contributed by atoms with van der Waals surface area (Å²) in [6.45, 7) is 0.160. The summed E-state index contributed by atoms with van der Waals surface area (Å²) in [5.41, 5.74) is 0. The van der Waals surface area contributed by atoms with Crippen LogP contribution in [0.5, 0.6) is 0 Å². The van der Waals surface area contributed by atoms with Crippen LogP contribution < -0.4 is 0 Å². The minimum atomic E-state index is -7.38. The standard InChI is InChI=1S/C13H13F13O2/c1-2-3-4-5-6-27-7-8(14,15)9(16,17)12(23,24)28-13(25,26)10(18,19)11(20,21)22/h2H,1,3-7H2. The Kier molecular flexibility index (Phi) is 8.25. The summed E-state index contributed by atoms with van der Waals surface area (Å²) < 4.78 is 171. The number of hydrogen-bond donors (Lipinski definition) is 0. The molecule has 0 aliphatic carbocycles. The predicted molar refractivity (Wildman–Crippen MR) is 66.7 cm³/mol. The zero-order valence-corrected chi connectivity index (χ0v) is 13.6. The number of alkyl halides is 13. The Balaban J connectivity index is 5.31. The van der Waals surface area contributed by atoms with E-state index in [4.69, 9.17) is 0 Å². The topological polar surface area (TPSA) is 18.5 Å². The van der Waals surface area contributed by atoms with Crippen LogP contribution in [0.4, 0.5) is 57.1 Å². The van der Waals surface area contributed by atoms with Gasteiger partial charge in [-0.3, -0.25) is 0 Å². The summed E-state index contributed by atoms with van der Waals surface area (Å²) in [6.07, 6.45) is -19.6. The van der Waals surface area contributed by atoms with E-state index in [0.29, 0.717) is 6.42 Å². The van der Waals surface area contributed by atoms with Gasteiger partial charge in [0.2, 0.25) is 0 Å². The molecule has 0 amide bonds. The van der Waals surface area contributed by atoms with Gasteiger partial charge in [-0.25, -0.2) is 4.74 Å². The molecule has 0 fully saturated rings. The summed E-state index contributed by atoms with van der Waals surface area (Å²) in [5.74, 6) is -20.3. The summed E-state index contributed by atoms with van der Waals surface area (Å²) in [5, 5.41) is 0. The molecule has 0 atom stereocenters. The summed E-state index contributed by atoms with van der Waals surface area (Å²) in [6, 6.07) is 0. The second kappa shape index (κ2) is 8.63. The van der Waals surface area contributed by atoms with Crippen molar-refractivity contribution in [3.63, 3.8) is 0 Å². The SMILES string of the molecule is C=CCCCCOCC(F)(F)C(F)(F)C(F)(F)OC(F)(F)C(F)(F)C(F)(F)F. The second-order valence-corrected chi connectivity index (χ2v) is 5.32. The minimum Gasteiger partial charge on any atom is -0.375 e. The zero-order valence-electron chi connectivity index (χ0n) is 13.6. The van der Waals surface area contributed by atoms with Crippen molar-refractivity contribution in [2.24, 2.45) is 0 Å². The number of allylic oxidation sites excluding steroid dienone is 1. The Hall–Kier alpha value is -1.25. The van der Waals surface area contributed by atoms with E-state index in [1.807, 2.05) is 0 Å². The third-order valence-corrected chi connectivity index (χ3v) is 3.03. The first kappa shape index (κ1) is 26.8. The molecule has 0 spiro atoms. The highest BCUT2D eigenvalue weighted by molar-refractivity contribution is 4.94. The molecule has 0 N–H and O–H groups in total. The van der Waals surface area contributed by atoms with Crippen LogP contribution in [0.2, 0.25) is 0 Å². The van der Waals surface area contributed by atoms with Crippen LogP contribution in [0, 0.1) is 0 Å². The number of rotatable bonds is 12. The fourth-order valence-electron chi connectivity index (χ4n) is 1.45. The molecule has 0 saturated carbocycles. The van der Waals surface area contributed by atoms with Crippen LogP contribution in [0.1, 0.15) is 19.3 Å². The molecule has 2 nitrogen and oxygen atoms in total. The Morgan fingerprint density at radius 2 is 1.14 bits per heavy atom. The minimum absolute atomic E-state index is 0.0174. The Morgan fingerprint density at radius 3 is 1.57 bits per heavy atom.